The summed E-state index contributed by atoms with van der Waals surface area (Å²) >= 11 is 0. The number of benzene rings is 1. The van der Waals surface area contributed by atoms with Crippen molar-refractivity contribution in [3.8, 4) is 5.75 Å². The molecule has 0 bridgehead atoms. The Balaban J connectivity index is 1.46. The molecule has 0 amide bonds. The second-order valence-electron chi connectivity index (χ2n) is 10.5. The first-order valence-electron chi connectivity index (χ1n) is 12.7. The van der Waals surface area contributed by atoms with E-state index in [1.165, 1.54) is 25.2 Å². The van der Waals surface area contributed by atoms with Crippen molar-refractivity contribution in [3.63, 3.8) is 0 Å². The number of piperidine rings is 2. The first kappa shape index (κ1) is 26.8. The van der Waals surface area contributed by atoms with Crippen LogP contribution < -0.4 is 9.46 Å². The molecule has 0 unspecified atom stereocenters. The van der Waals surface area contributed by atoms with Crippen LogP contribution in [0, 0.1) is 5.92 Å². The molecule has 9 nitrogen and oxygen atoms in total. The fraction of sp³-hybridized carbons (Fsp3) is 0.750. The molecule has 3 heterocycles. The molecule has 0 spiro atoms. The van der Waals surface area contributed by atoms with Gasteiger partial charge in [0, 0.05) is 52.4 Å². The lowest BCUT2D eigenvalue weighted by molar-refractivity contribution is 0.0219. The monoisotopic (exact) mass is 528 g/mol. The summed E-state index contributed by atoms with van der Waals surface area (Å²) in [5.41, 5.74) is 2.60. The Labute approximate surface area is 211 Å². The van der Waals surface area contributed by atoms with E-state index in [4.69, 9.17) is 4.74 Å². The molecule has 0 saturated carbocycles. The Morgan fingerprint density at radius 2 is 1.94 bits per heavy atom. The average Bonchev–Trinajstić information content (AvgIpc) is 2.79. The maximum atomic E-state index is 13.4. The van der Waals surface area contributed by atoms with Crippen LogP contribution >= 0.6 is 0 Å². The van der Waals surface area contributed by atoms with E-state index in [0.29, 0.717) is 12.5 Å². The van der Waals surface area contributed by atoms with Crippen molar-refractivity contribution < 1.29 is 21.6 Å². The molecule has 2 fully saturated rings. The fourth-order valence-corrected chi connectivity index (χ4v) is 8.27. The lowest BCUT2D eigenvalue weighted by Crippen LogP contribution is -2.57. The standard InChI is InChI=1S/C24H40N4O5S2/c1-18(2)33-21-8-9-22-19(15-21)10-13-27-17-20-7-5-12-28(23(20)16-24(22)27)34(29,30)14-6-11-25-35(31,32)26(3)4/h8-9,15,18,20,23-25H,5-7,10-14,16-17H2,1-4H3/t20-,23+,24-/m0/s1. The highest BCUT2D eigenvalue weighted by molar-refractivity contribution is 7.89. The minimum atomic E-state index is -3.55. The third-order valence-electron chi connectivity index (χ3n) is 7.46. The summed E-state index contributed by atoms with van der Waals surface area (Å²) in [4.78, 5) is 2.54. The van der Waals surface area contributed by atoms with Crippen LogP contribution in [0.2, 0.25) is 0 Å². The van der Waals surface area contributed by atoms with E-state index in [1.54, 1.807) is 4.31 Å². The SMILES string of the molecule is CC(C)Oc1ccc2c(c1)CCN1C[C@@H]3CCCN(S(=O)(=O)CCCNS(=O)(=O)N(C)C)[C@@H]3C[C@@H]21. The highest BCUT2D eigenvalue weighted by Gasteiger charge is 2.45. The van der Waals surface area contributed by atoms with Gasteiger partial charge >= 0.3 is 0 Å². The summed E-state index contributed by atoms with van der Waals surface area (Å²) in [6.07, 6.45) is 4.09. The number of rotatable bonds is 9. The van der Waals surface area contributed by atoms with Gasteiger partial charge in [0.15, 0.2) is 0 Å². The third kappa shape index (κ3) is 6.02. The molecule has 2 saturated heterocycles. The lowest BCUT2D eigenvalue weighted by Gasteiger charge is -2.51. The van der Waals surface area contributed by atoms with E-state index in [0.717, 1.165) is 48.8 Å². The zero-order valence-electron chi connectivity index (χ0n) is 21.3. The van der Waals surface area contributed by atoms with Crippen molar-refractivity contribution in [1.29, 1.82) is 0 Å². The minimum Gasteiger partial charge on any atom is -0.491 e. The quantitative estimate of drug-likeness (QED) is 0.492. The molecule has 3 atom stereocenters. The molecule has 0 aromatic heterocycles. The Morgan fingerprint density at radius 3 is 2.66 bits per heavy atom. The summed E-state index contributed by atoms with van der Waals surface area (Å²) in [6.45, 7) is 6.62. The van der Waals surface area contributed by atoms with Gasteiger partial charge in [-0.1, -0.05) is 6.07 Å². The Kier molecular flexibility index (Phi) is 8.14. The Morgan fingerprint density at radius 1 is 1.17 bits per heavy atom. The molecular weight excluding hydrogens is 488 g/mol. The first-order valence-corrected chi connectivity index (χ1v) is 15.7. The normalized spacial score (nSPS) is 25.8. The van der Waals surface area contributed by atoms with Crippen molar-refractivity contribution in [2.24, 2.45) is 5.92 Å². The van der Waals surface area contributed by atoms with Crippen LogP contribution in [-0.2, 0) is 26.7 Å². The number of hydrogen-bond acceptors (Lipinski definition) is 6. The second kappa shape index (κ2) is 10.6. The predicted molar refractivity (Wildman–Crippen MR) is 137 cm³/mol. The summed E-state index contributed by atoms with van der Waals surface area (Å²) in [6, 6.07) is 6.58. The van der Waals surface area contributed by atoms with Gasteiger partial charge in [0.05, 0.1) is 11.9 Å². The molecule has 35 heavy (non-hydrogen) atoms. The van der Waals surface area contributed by atoms with Gasteiger partial charge in [-0.2, -0.15) is 17.0 Å². The third-order valence-corrected chi connectivity index (χ3v) is 11.0. The molecule has 3 aliphatic rings. The van der Waals surface area contributed by atoms with Crippen molar-refractivity contribution >= 4 is 20.2 Å². The van der Waals surface area contributed by atoms with E-state index in [2.05, 4.69) is 21.8 Å². The topological polar surface area (TPSA) is 99.3 Å². The highest BCUT2D eigenvalue weighted by Crippen LogP contribution is 2.44. The molecule has 1 N–H and O–H groups in total. The zero-order chi connectivity index (χ0) is 25.4. The molecule has 198 valence electrons. The zero-order valence-corrected chi connectivity index (χ0v) is 22.9. The molecule has 4 rings (SSSR count). The van der Waals surface area contributed by atoms with Gasteiger partial charge in [0.25, 0.3) is 10.2 Å². The van der Waals surface area contributed by atoms with E-state index in [-0.39, 0.29) is 36.9 Å². The number of nitrogens with zero attached hydrogens (tertiary/aromatic N) is 3. The number of hydrogen-bond donors (Lipinski definition) is 1. The van der Waals surface area contributed by atoms with Crippen LogP contribution in [0.1, 0.15) is 56.7 Å². The maximum Gasteiger partial charge on any atom is 0.278 e. The van der Waals surface area contributed by atoms with Crippen molar-refractivity contribution in [3.05, 3.63) is 29.3 Å². The smallest absolute Gasteiger partial charge is 0.278 e. The number of nitrogens with one attached hydrogen (secondary N) is 1. The van der Waals surface area contributed by atoms with E-state index in [9.17, 15) is 16.8 Å². The molecule has 11 heteroatoms. The highest BCUT2D eigenvalue weighted by atomic mass is 32.2. The van der Waals surface area contributed by atoms with Gasteiger partial charge in [-0.3, -0.25) is 4.90 Å². The average molecular weight is 529 g/mol. The Bertz CT molecular complexity index is 1110. The molecule has 1 aromatic carbocycles. The fourth-order valence-electron chi connectivity index (χ4n) is 5.78. The van der Waals surface area contributed by atoms with Gasteiger partial charge in [-0.25, -0.2) is 13.1 Å². The largest absolute Gasteiger partial charge is 0.491 e. The van der Waals surface area contributed by atoms with Gasteiger partial charge in [0.1, 0.15) is 5.75 Å². The summed E-state index contributed by atoms with van der Waals surface area (Å²) in [5.74, 6) is 1.19. The van der Waals surface area contributed by atoms with Crippen LogP contribution in [0.15, 0.2) is 18.2 Å². The van der Waals surface area contributed by atoms with Gasteiger partial charge in [-0.05, 0) is 75.1 Å². The van der Waals surface area contributed by atoms with Crippen molar-refractivity contribution in [1.82, 2.24) is 18.2 Å². The lowest BCUT2D eigenvalue weighted by atomic mass is 9.77. The predicted octanol–water partition coefficient (Wildman–Crippen LogP) is 1.97. The van der Waals surface area contributed by atoms with E-state index in [1.807, 2.05) is 19.9 Å². The van der Waals surface area contributed by atoms with Gasteiger partial charge < -0.3 is 4.74 Å². The second-order valence-corrected chi connectivity index (χ2v) is 14.5. The molecular formula is C24H40N4O5S2. The van der Waals surface area contributed by atoms with Crippen molar-refractivity contribution in [2.45, 2.75) is 64.1 Å². The van der Waals surface area contributed by atoms with Crippen LogP contribution in [0.4, 0.5) is 0 Å². The molecule has 1 aromatic rings. The van der Waals surface area contributed by atoms with Crippen LogP contribution in [0.25, 0.3) is 0 Å². The summed E-state index contributed by atoms with van der Waals surface area (Å²) in [7, 11) is -4.14. The van der Waals surface area contributed by atoms with E-state index >= 15 is 0 Å². The number of sulfonamides is 1. The van der Waals surface area contributed by atoms with E-state index < -0.39 is 20.2 Å². The maximum absolute atomic E-state index is 13.4. The molecule has 3 aliphatic heterocycles. The van der Waals surface area contributed by atoms with Crippen LogP contribution in [-0.4, -0.2) is 88.5 Å². The molecule has 0 aliphatic carbocycles. The summed E-state index contributed by atoms with van der Waals surface area (Å²) < 4.78 is 61.7. The summed E-state index contributed by atoms with van der Waals surface area (Å²) in [5, 5.41) is 0. The first-order chi connectivity index (χ1) is 16.5. The Hall–Kier alpha value is -1.24. The van der Waals surface area contributed by atoms with Gasteiger partial charge in [-0.15, -0.1) is 0 Å². The van der Waals surface area contributed by atoms with Crippen LogP contribution in [0.3, 0.4) is 0 Å². The van der Waals surface area contributed by atoms with Crippen molar-refractivity contribution in [2.75, 3.05) is 46.0 Å². The van der Waals surface area contributed by atoms with Crippen LogP contribution in [0.5, 0.6) is 5.75 Å². The minimum absolute atomic E-state index is 0.00833. The molecule has 0 radical (unpaired) electrons. The number of ether oxygens (including phenoxy) is 1. The van der Waals surface area contributed by atoms with Gasteiger partial charge in [0.2, 0.25) is 10.0 Å². The number of fused-ring (bicyclic) bond motifs is 4.